The lowest BCUT2D eigenvalue weighted by Gasteiger charge is -2.27. The van der Waals surface area contributed by atoms with Crippen LogP contribution in [0.25, 0.3) is 10.9 Å². The molecule has 128 valence electrons. The second-order valence-corrected chi connectivity index (χ2v) is 5.99. The number of hydrogen-bond donors (Lipinski definition) is 0. The van der Waals surface area contributed by atoms with E-state index < -0.39 is 24.2 Å². The number of nitrogens with zero attached hydrogens (tertiary/aromatic N) is 1. The van der Waals surface area contributed by atoms with Crippen molar-refractivity contribution in [2.24, 2.45) is 5.92 Å². The van der Waals surface area contributed by atoms with Gasteiger partial charge >= 0.3 is 5.97 Å². The molecule has 0 bridgehead atoms. The number of ether oxygens (including phenoxy) is 2. The number of fused-ring (bicyclic) bond motifs is 1. The lowest BCUT2D eigenvalue weighted by Crippen LogP contribution is -2.32. The number of esters is 1. The van der Waals surface area contributed by atoms with E-state index in [-0.39, 0.29) is 19.6 Å². The Bertz CT molecular complexity index is 715. The summed E-state index contributed by atoms with van der Waals surface area (Å²) in [5, 5.41) is 0.873. The van der Waals surface area contributed by atoms with Gasteiger partial charge in [-0.3, -0.25) is 9.78 Å². The quantitative estimate of drug-likeness (QED) is 0.612. The van der Waals surface area contributed by atoms with Gasteiger partial charge in [0.2, 0.25) is 5.92 Å². The molecule has 0 amide bonds. The standard InChI is InChI=1S/C18H19F2NO3/c19-18(20)8-3-4-13(12-18)17(22)24-11-10-23-16-7-9-21-15-6-2-1-5-14(15)16/h1-2,5-7,9,13H,3-4,8,10-12H2. The summed E-state index contributed by atoms with van der Waals surface area (Å²) in [6.45, 7) is 0.209. The Morgan fingerprint density at radius 1 is 1.25 bits per heavy atom. The average Bonchev–Trinajstić information content (AvgIpc) is 2.57. The van der Waals surface area contributed by atoms with Crippen LogP contribution in [0.1, 0.15) is 25.7 Å². The summed E-state index contributed by atoms with van der Waals surface area (Å²) >= 11 is 0. The van der Waals surface area contributed by atoms with Crippen molar-refractivity contribution >= 4 is 16.9 Å². The van der Waals surface area contributed by atoms with Gasteiger partial charge in [0.05, 0.1) is 11.4 Å². The third-order valence-corrected chi connectivity index (χ3v) is 4.17. The second-order valence-electron chi connectivity index (χ2n) is 5.99. The van der Waals surface area contributed by atoms with Crippen LogP contribution >= 0.6 is 0 Å². The molecule has 1 heterocycles. The molecule has 1 unspecified atom stereocenters. The van der Waals surface area contributed by atoms with Crippen molar-refractivity contribution in [3.63, 3.8) is 0 Å². The van der Waals surface area contributed by atoms with E-state index in [0.717, 1.165) is 10.9 Å². The first-order valence-corrected chi connectivity index (χ1v) is 8.06. The number of alkyl halides is 2. The van der Waals surface area contributed by atoms with E-state index in [1.807, 2.05) is 24.3 Å². The zero-order chi connectivity index (χ0) is 17.0. The van der Waals surface area contributed by atoms with Gasteiger partial charge in [-0.15, -0.1) is 0 Å². The monoisotopic (exact) mass is 335 g/mol. The van der Waals surface area contributed by atoms with Gasteiger partial charge < -0.3 is 9.47 Å². The highest BCUT2D eigenvalue weighted by Crippen LogP contribution is 2.37. The van der Waals surface area contributed by atoms with Crippen molar-refractivity contribution in [1.82, 2.24) is 4.98 Å². The smallest absolute Gasteiger partial charge is 0.309 e. The molecule has 0 aliphatic heterocycles. The summed E-state index contributed by atoms with van der Waals surface area (Å²) in [5.41, 5.74) is 0.816. The van der Waals surface area contributed by atoms with Gasteiger partial charge in [-0.25, -0.2) is 8.78 Å². The van der Waals surface area contributed by atoms with E-state index in [0.29, 0.717) is 18.6 Å². The molecule has 2 aromatic rings. The zero-order valence-electron chi connectivity index (χ0n) is 13.2. The number of halogens is 2. The Labute approximate surface area is 138 Å². The van der Waals surface area contributed by atoms with Crippen LogP contribution in [0.5, 0.6) is 5.75 Å². The highest BCUT2D eigenvalue weighted by Gasteiger charge is 2.39. The summed E-state index contributed by atoms with van der Waals surface area (Å²) in [7, 11) is 0. The second kappa shape index (κ2) is 7.11. The normalized spacial score (nSPS) is 19.8. The van der Waals surface area contributed by atoms with E-state index in [1.165, 1.54) is 0 Å². The van der Waals surface area contributed by atoms with Crippen LogP contribution in [0.15, 0.2) is 36.5 Å². The molecule has 1 fully saturated rings. The molecule has 4 nitrogen and oxygen atoms in total. The van der Waals surface area contributed by atoms with Gasteiger partial charge in [-0.05, 0) is 31.0 Å². The van der Waals surface area contributed by atoms with Gasteiger partial charge in [-0.2, -0.15) is 0 Å². The third kappa shape index (κ3) is 3.99. The fourth-order valence-corrected chi connectivity index (χ4v) is 2.98. The van der Waals surface area contributed by atoms with Crippen molar-refractivity contribution in [2.45, 2.75) is 31.6 Å². The van der Waals surface area contributed by atoms with E-state index in [4.69, 9.17) is 9.47 Å². The van der Waals surface area contributed by atoms with Crippen LogP contribution in [0.4, 0.5) is 8.78 Å². The van der Waals surface area contributed by atoms with Gasteiger partial charge in [0.1, 0.15) is 19.0 Å². The summed E-state index contributed by atoms with van der Waals surface area (Å²) in [4.78, 5) is 16.1. The number of pyridine rings is 1. The van der Waals surface area contributed by atoms with Crippen molar-refractivity contribution < 1.29 is 23.0 Å². The molecule has 0 radical (unpaired) electrons. The minimum Gasteiger partial charge on any atom is -0.489 e. The third-order valence-electron chi connectivity index (χ3n) is 4.17. The minimum atomic E-state index is -2.76. The Kier molecular flexibility index (Phi) is 4.92. The predicted octanol–water partition coefficient (Wildman–Crippen LogP) is 3.98. The Morgan fingerprint density at radius 2 is 2.08 bits per heavy atom. The van der Waals surface area contributed by atoms with Crippen molar-refractivity contribution in [1.29, 1.82) is 0 Å². The Morgan fingerprint density at radius 3 is 2.92 bits per heavy atom. The first-order valence-electron chi connectivity index (χ1n) is 8.06. The largest absolute Gasteiger partial charge is 0.489 e. The number of carbonyl (C=O) groups excluding carboxylic acids is 1. The molecule has 0 spiro atoms. The molecule has 0 N–H and O–H groups in total. The summed E-state index contributed by atoms with van der Waals surface area (Å²) in [6.07, 6.45) is 1.90. The fraction of sp³-hybridized carbons (Fsp3) is 0.444. The maximum absolute atomic E-state index is 13.3. The lowest BCUT2D eigenvalue weighted by atomic mass is 9.86. The molecule has 24 heavy (non-hydrogen) atoms. The maximum Gasteiger partial charge on any atom is 0.309 e. The molecule has 1 aliphatic carbocycles. The molecule has 1 aromatic carbocycles. The average molecular weight is 335 g/mol. The SMILES string of the molecule is O=C(OCCOc1ccnc2ccccc12)C1CCCC(F)(F)C1. The predicted molar refractivity (Wildman–Crippen MR) is 85.1 cm³/mol. The summed E-state index contributed by atoms with van der Waals surface area (Å²) < 4.78 is 37.4. The van der Waals surface area contributed by atoms with Gasteiger partial charge in [0.15, 0.2) is 0 Å². The summed E-state index contributed by atoms with van der Waals surface area (Å²) in [6, 6.07) is 9.30. The molecule has 0 saturated heterocycles. The number of carbonyl (C=O) groups is 1. The first-order chi connectivity index (χ1) is 11.6. The molecule has 1 saturated carbocycles. The maximum atomic E-state index is 13.3. The number of rotatable bonds is 5. The van der Waals surface area contributed by atoms with E-state index in [2.05, 4.69) is 4.98 Å². The van der Waals surface area contributed by atoms with Crippen molar-refractivity contribution in [3.8, 4) is 5.75 Å². The Balaban J connectivity index is 1.49. The highest BCUT2D eigenvalue weighted by atomic mass is 19.3. The minimum absolute atomic E-state index is 0.0392. The summed E-state index contributed by atoms with van der Waals surface area (Å²) in [5.74, 6) is -3.37. The van der Waals surface area contributed by atoms with Crippen LogP contribution in [0, 0.1) is 5.92 Å². The van der Waals surface area contributed by atoms with Gasteiger partial charge in [0, 0.05) is 24.4 Å². The lowest BCUT2D eigenvalue weighted by molar-refractivity contribution is -0.156. The first kappa shape index (κ1) is 16.6. The van der Waals surface area contributed by atoms with Crippen LogP contribution in [0.3, 0.4) is 0 Å². The molecule has 1 atom stereocenters. The molecular formula is C18H19F2NO3. The molecule has 1 aliphatic rings. The van der Waals surface area contributed by atoms with Gasteiger partial charge in [0.25, 0.3) is 0 Å². The van der Waals surface area contributed by atoms with Crippen molar-refractivity contribution in [2.75, 3.05) is 13.2 Å². The number of hydrogen-bond acceptors (Lipinski definition) is 4. The fourth-order valence-electron chi connectivity index (χ4n) is 2.98. The van der Waals surface area contributed by atoms with Crippen LogP contribution in [-0.4, -0.2) is 30.1 Å². The van der Waals surface area contributed by atoms with E-state index >= 15 is 0 Å². The Hall–Kier alpha value is -2.24. The number of para-hydroxylation sites is 1. The number of aromatic nitrogens is 1. The van der Waals surface area contributed by atoms with Crippen molar-refractivity contribution in [3.05, 3.63) is 36.5 Å². The zero-order valence-corrected chi connectivity index (χ0v) is 13.2. The molecular weight excluding hydrogens is 316 g/mol. The molecule has 6 heteroatoms. The van der Waals surface area contributed by atoms with Gasteiger partial charge in [-0.1, -0.05) is 12.1 Å². The van der Waals surface area contributed by atoms with Crippen LogP contribution < -0.4 is 4.74 Å². The van der Waals surface area contributed by atoms with Crippen LogP contribution in [-0.2, 0) is 9.53 Å². The van der Waals surface area contributed by atoms with E-state index in [1.54, 1.807) is 12.3 Å². The van der Waals surface area contributed by atoms with E-state index in [9.17, 15) is 13.6 Å². The molecule has 1 aromatic heterocycles. The number of benzene rings is 1. The van der Waals surface area contributed by atoms with Crippen LogP contribution in [0.2, 0.25) is 0 Å². The topological polar surface area (TPSA) is 48.4 Å². The highest BCUT2D eigenvalue weighted by molar-refractivity contribution is 5.84. The molecule has 3 rings (SSSR count).